The average Bonchev–Trinajstić information content (AvgIpc) is 0.911. The van der Waals surface area contributed by atoms with Gasteiger partial charge in [0.2, 0.25) is 0 Å². The van der Waals surface area contributed by atoms with Crippen LogP contribution in [0.15, 0.2) is 187 Å². The molecule has 6 aromatic rings. The number of hydrogen-bond donors (Lipinski definition) is 1. The number of ether oxygens (including phenoxy) is 11. The van der Waals surface area contributed by atoms with Crippen LogP contribution in [0.1, 0.15) is 77.1 Å². The van der Waals surface area contributed by atoms with Gasteiger partial charge < -0.3 is 61.6 Å². The summed E-state index contributed by atoms with van der Waals surface area (Å²) in [7, 11) is -3.12. The van der Waals surface area contributed by atoms with Crippen molar-refractivity contribution in [2.24, 2.45) is 22.9 Å². The summed E-state index contributed by atoms with van der Waals surface area (Å²) in [6.07, 6.45) is -11.3. The lowest BCUT2D eigenvalue weighted by Crippen LogP contribution is -2.68. The van der Waals surface area contributed by atoms with Crippen molar-refractivity contribution in [1.29, 1.82) is 0 Å². The van der Waals surface area contributed by atoms with E-state index in [1.54, 1.807) is 0 Å². The van der Waals surface area contributed by atoms with Gasteiger partial charge in [-0.2, -0.15) is 0 Å². The summed E-state index contributed by atoms with van der Waals surface area (Å²) in [5.41, 5.74) is 12.7. The molecular weight excluding hydrogens is 1130 g/mol. The number of esters is 1. The summed E-state index contributed by atoms with van der Waals surface area (Å²) in [4.78, 5) is 16.6. The normalized spacial score (nSPS) is 27.5. The molecule has 15 atom stereocenters. The van der Waals surface area contributed by atoms with Crippen molar-refractivity contribution in [3.63, 3.8) is 0 Å². The summed E-state index contributed by atoms with van der Waals surface area (Å²) in [5, 5.41) is 17.9. The topological polar surface area (TPSA) is 197 Å². The van der Waals surface area contributed by atoms with Crippen LogP contribution < -0.4 is 10.4 Å². The minimum Gasteiger partial charge on any atom is -0.457 e. The number of nitrogens with zero attached hydrogens (tertiary/aromatic N) is 3. The summed E-state index contributed by atoms with van der Waals surface area (Å²) in [6.45, 7) is 15.3. The first-order valence-corrected chi connectivity index (χ1v) is 32.7. The zero-order valence-corrected chi connectivity index (χ0v) is 52.6. The Hall–Kier alpha value is -6.16. The number of rotatable bonds is 29. The molecule has 0 radical (unpaired) electrons. The number of aliphatic hydroxyl groups excluding tert-OH is 1. The minimum atomic E-state index is -3.12. The molecule has 18 heteroatoms. The van der Waals surface area contributed by atoms with E-state index in [0.717, 1.165) is 32.6 Å². The molecule has 0 spiro atoms. The molecule has 0 aliphatic carbocycles. The highest BCUT2D eigenvalue weighted by atomic mass is 28.4. The molecule has 0 bridgehead atoms. The van der Waals surface area contributed by atoms with E-state index in [1.165, 1.54) is 6.92 Å². The molecule has 3 aliphatic rings. The second kappa shape index (κ2) is 32.5. The zero-order chi connectivity index (χ0) is 61.9. The van der Waals surface area contributed by atoms with Crippen LogP contribution >= 0.6 is 0 Å². The van der Waals surface area contributed by atoms with Gasteiger partial charge in [0.1, 0.15) is 36.6 Å². The third kappa shape index (κ3) is 17.2. The predicted molar refractivity (Wildman–Crippen MR) is 335 cm³/mol. The van der Waals surface area contributed by atoms with Gasteiger partial charge >= 0.3 is 5.97 Å². The van der Waals surface area contributed by atoms with Crippen LogP contribution in [-0.4, -0.2) is 126 Å². The van der Waals surface area contributed by atoms with Crippen LogP contribution in [0.5, 0.6) is 0 Å². The van der Waals surface area contributed by atoms with Crippen LogP contribution in [0.3, 0.4) is 0 Å². The third-order valence-electron chi connectivity index (χ3n) is 16.9. The van der Waals surface area contributed by atoms with E-state index in [1.807, 2.05) is 178 Å². The molecule has 3 fully saturated rings. The van der Waals surface area contributed by atoms with Crippen molar-refractivity contribution in [2.75, 3.05) is 33.0 Å². The van der Waals surface area contributed by atoms with E-state index in [2.05, 4.69) is 55.1 Å². The summed E-state index contributed by atoms with van der Waals surface area (Å²) in [6, 6.07) is 59.9. The molecule has 0 saturated carbocycles. The summed E-state index contributed by atoms with van der Waals surface area (Å²) < 4.78 is 83.4. The van der Waals surface area contributed by atoms with Crippen LogP contribution in [0.2, 0.25) is 5.04 Å². The molecule has 9 rings (SSSR count). The lowest BCUT2D eigenvalue weighted by Gasteiger charge is -2.51. The van der Waals surface area contributed by atoms with Gasteiger partial charge in [0.25, 0.3) is 8.32 Å². The van der Waals surface area contributed by atoms with Crippen molar-refractivity contribution < 1.29 is 66.4 Å². The first kappa shape index (κ1) is 66.3. The maximum Gasteiger partial charge on any atom is 0.303 e. The van der Waals surface area contributed by atoms with Crippen molar-refractivity contribution >= 4 is 24.7 Å². The highest BCUT2D eigenvalue weighted by Gasteiger charge is 2.57. The highest BCUT2D eigenvalue weighted by molar-refractivity contribution is 6.99. The van der Waals surface area contributed by atoms with E-state index in [4.69, 9.17) is 62.1 Å². The first-order chi connectivity index (χ1) is 42.7. The van der Waals surface area contributed by atoms with Crippen molar-refractivity contribution in [3.8, 4) is 0 Å². The smallest absolute Gasteiger partial charge is 0.303 e. The Bertz CT molecular complexity index is 3000. The molecule has 0 aromatic heterocycles. The Morgan fingerprint density at radius 3 is 1.45 bits per heavy atom. The Morgan fingerprint density at radius 1 is 0.523 bits per heavy atom. The molecule has 3 saturated heterocycles. The first-order valence-electron chi connectivity index (χ1n) is 30.8. The van der Waals surface area contributed by atoms with Gasteiger partial charge in [0.05, 0.1) is 58.5 Å². The van der Waals surface area contributed by atoms with Crippen LogP contribution in [0.25, 0.3) is 10.4 Å². The van der Waals surface area contributed by atoms with Crippen LogP contribution in [0.4, 0.5) is 0 Å². The Kier molecular flexibility index (Phi) is 24.5. The number of carbonyl (C=O) groups is 1. The number of carbonyl (C=O) groups excluding carboxylic acids is 1. The summed E-state index contributed by atoms with van der Waals surface area (Å²) >= 11 is 0. The summed E-state index contributed by atoms with van der Waals surface area (Å²) in [5.74, 6) is -1.82. The lowest BCUT2D eigenvalue weighted by molar-refractivity contribution is -0.380. The van der Waals surface area contributed by atoms with Crippen molar-refractivity contribution in [3.05, 3.63) is 215 Å². The zero-order valence-electron chi connectivity index (χ0n) is 51.6. The van der Waals surface area contributed by atoms with Gasteiger partial charge in [-0.1, -0.05) is 229 Å². The van der Waals surface area contributed by atoms with E-state index in [0.29, 0.717) is 6.42 Å². The Balaban J connectivity index is 1.10. The van der Waals surface area contributed by atoms with Gasteiger partial charge in [-0.3, -0.25) is 4.79 Å². The number of benzene rings is 6. The van der Waals surface area contributed by atoms with Gasteiger partial charge in [-0.15, -0.1) is 0 Å². The Labute approximate surface area is 519 Å². The van der Waals surface area contributed by atoms with E-state index in [-0.39, 0.29) is 70.4 Å². The maximum atomic E-state index is 13.6. The molecule has 6 aromatic carbocycles. The molecule has 3 heterocycles. The van der Waals surface area contributed by atoms with Gasteiger partial charge in [-0.25, -0.2) is 0 Å². The third-order valence-corrected chi connectivity index (χ3v) is 21.9. The van der Waals surface area contributed by atoms with Gasteiger partial charge in [0, 0.05) is 36.8 Å². The van der Waals surface area contributed by atoms with E-state index in [9.17, 15) is 9.90 Å². The number of azide groups is 1. The predicted octanol–water partition coefficient (Wildman–Crippen LogP) is 11.0. The molecule has 1 N–H and O–H groups in total. The molecule has 0 amide bonds. The monoisotopic (exact) mass is 1220 g/mol. The van der Waals surface area contributed by atoms with Gasteiger partial charge in [0.15, 0.2) is 25.0 Å². The fraction of sp³-hybridized carbons (Fsp3) is 0.471. The molecule has 17 nitrogen and oxygen atoms in total. The number of hydrogen-bond acceptors (Lipinski definition) is 15. The number of aliphatic hydroxyl groups is 1. The fourth-order valence-electron chi connectivity index (χ4n) is 12.1. The van der Waals surface area contributed by atoms with E-state index >= 15 is 0 Å². The Morgan fingerprint density at radius 2 is 0.966 bits per heavy atom. The second-order valence-electron chi connectivity index (χ2n) is 24.1. The maximum absolute atomic E-state index is 13.6. The molecule has 6 unspecified atom stereocenters. The van der Waals surface area contributed by atoms with Gasteiger partial charge in [-0.05, 0) is 55.5 Å². The van der Waals surface area contributed by atoms with E-state index < -0.39 is 99.9 Å². The molecule has 470 valence electrons. The molecular formula is C70H87N3O14Si. The van der Waals surface area contributed by atoms with Crippen molar-refractivity contribution in [2.45, 2.75) is 160 Å². The van der Waals surface area contributed by atoms with Crippen LogP contribution in [0, 0.1) is 17.8 Å². The fourth-order valence-corrected chi connectivity index (χ4v) is 16.7. The van der Waals surface area contributed by atoms with Crippen molar-refractivity contribution in [1.82, 2.24) is 0 Å². The molecule has 3 aliphatic heterocycles. The molecule has 88 heavy (non-hydrogen) atoms. The second-order valence-corrected chi connectivity index (χ2v) is 28.5. The quantitative estimate of drug-likeness (QED) is 0.0116. The van der Waals surface area contributed by atoms with Crippen LogP contribution in [-0.2, 0) is 87.8 Å². The highest BCUT2D eigenvalue weighted by Crippen LogP contribution is 2.42. The largest absolute Gasteiger partial charge is 0.457 e. The standard InChI is InChI=1S/C70H87N3O14Si/c1-48-49(2)67(83-58(61(48)75)47-81-88(70(5,6)7,56-35-22-12-23-36-56)57-37-24-13-25-38-57)87-65-64(82-51(4)74)60(46-77-42-53-29-16-9-17-30-53)85-69(66(65)80-44-55-33-20-11-21-34-55)86-62-50(3)63(79-43-54-31-18-10-19-32-54)68(78-40-26-39-72-73-71)84-59(62)45-76-41-52-27-14-8-15-28-52/h8-25,27-38,48-50,58-69,75H,26,39-47H2,1-7H3/t48-,49?,50+,58?,59?,60?,61+,62+,63?,64+,65+,66?,67+,68-,69+/m1/s1. The SMILES string of the molecule is CC(=O)O[C@H]1C(COCc2ccccc2)O[C@@H](O[C@@H]2C(COCc3ccccc3)O[C@@H](OCCCN=[N+]=[N-])C(OCc3ccccc3)[C@H]2C)C(OCc2ccccc2)[C@H]1O[C@@H]1OC(CO[Si](c2ccccc2)(c2ccccc2)C(C)(C)C)[C@@H](O)[C@H](C)C1C. The lowest BCUT2D eigenvalue weighted by atomic mass is 9.84. The average molecular weight is 1220 g/mol. The minimum absolute atomic E-state index is 0.0431.